The van der Waals surface area contributed by atoms with Gasteiger partial charge in [0.1, 0.15) is 5.76 Å². The molecule has 1 heterocycles. The lowest BCUT2D eigenvalue weighted by Gasteiger charge is -2.20. The van der Waals surface area contributed by atoms with Crippen LogP contribution in [0.5, 0.6) is 0 Å². The Morgan fingerprint density at radius 1 is 1.26 bits per heavy atom. The first-order valence-electron chi connectivity index (χ1n) is 6.28. The first-order chi connectivity index (χ1) is 9.08. The predicted molar refractivity (Wildman–Crippen MR) is 78.8 cm³/mol. The fourth-order valence-electron chi connectivity index (χ4n) is 1.90. The van der Waals surface area contributed by atoms with E-state index in [1.807, 2.05) is 44.2 Å². The molecule has 102 valence electrons. The highest BCUT2D eigenvalue weighted by Crippen LogP contribution is 2.20. The quantitative estimate of drug-likeness (QED) is 0.884. The number of furan rings is 1. The Bertz CT molecular complexity index is 521. The van der Waals surface area contributed by atoms with Gasteiger partial charge in [-0.3, -0.25) is 0 Å². The summed E-state index contributed by atoms with van der Waals surface area (Å²) < 4.78 is 6.38. The van der Waals surface area contributed by atoms with Gasteiger partial charge in [-0.25, -0.2) is 0 Å². The number of nitrogens with one attached hydrogen (secondary N) is 1. The van der Waals surface area contributed by atoms with Crippen molar-refractivity contribution in [1.82, 2.24) is 5.32 Å². The van der Waals surface area contributed by atoms with Gasteiger partial charge in [0, 0.05) is 10.5 Å². The average Bonchev–Trinajstić information content (AvgIpc) is 2.81. The number of aliphatic hydroxyl groups excluding tert-OH is 1. The molecule has 0 saturated heterocycles. The van der Waals surface area contributed by atoms with Crippen molar-refractivity contribution in [3.8, 4) is 0 Å². The Morgan fingerprint density at radius 3 is 2.53 bits per heavy atom. The fourth-order valence-corrected chi connectivity index (χ4v) is 2.16. The molecule has 0 spiro atoms. The number of benzene rings is 1. The summed E-state index contributed by atoms with van der Waals surface area (Å²) in [7, 11) is 0. The molecule has 2 N–H and O–H groups in total. The molecule has 2 unspecified atom stereocenters. The molecule has 0 radical (unpaired) electrons. The van der Waals surface area contributed by atoms with Crippen molar-refractivity contribution >= 4 is 15.9 Å². The van der Waals surface area contributed by atoms with Crippen molar-refractivity contribution in [2.24, 2.45) is 0 Å². The van der Waals surface area contributed by atoms with E-state index < -0.39 is 6.10 Å². The molecule has 0 fully saturated rings. The molecular weight excluding hydrogens is 306 g/mol. The fraction of sp³-hybridized carbons (Fsp3) is 0.333. The zero-order chi connectivity index (χ0) is 13.8. The normalized spacial score (nSPS) is 14.3. The third kappa shape index (κ3) is 3.69. The van der Waals surface area contributed by atoms with Gasteiger partial charge in [-0.2, -0.15) is 0 Å². The van der Waals surface area contributed by atoms with Crippen LogP contribution in [0.4, 0.5) is 0 Å². The van der Waals surface area contributed by atoms with Crippen LogP contribution < -0.4 is 5.32 Å². The van der Waals surface area contributed by atoms with E-state index in [4.69, 9.17) is 4.42 Å². The lowest BCUT2D eigenvalue weighted by molar-refractivity contribution is 0.134. The minimum atomic E-state index is -0.539. The zero-order valence-electron chi connectivity index (χ0n) is 11.1. The van der Waals surface area contributed by atoms with Crippen molar-refractivity contribution in [2.75, 3.05) is 0 Å². The molecule has 0 aliphatic rings. The van der Waals surface area contributed by atoms with Crippen molar-refractivity contribution in [1.29, 1.82) is 0 Å². The van der Waals surface area contributed by atoms with Gasteiger partial charge >= 0.3 is 0 Å². The third-order valence-electron chi connectivity index (χ3n) is 3.24. The van der Waals surface area contributed by atoms with Gasteiger partial charge < -0.3 is 14.8 Å². The maximum Gasteiger partial charge on any atom is 0.120 e. The van der Waals surface area contributed by atoms with Crippen molar-refractivity contribution in [3.05, 3.63) is 58.0 Å². The highest BCUT2D eigenvalue weighted by molar-refractivity contribution is 9.10. The lowest BCUT2D eigenvalue weighted by atomic mass is 10.0. The Kier molecular flexibility index (Phi) is 4.80. The van der Waals surface area contributed by atoms with Gasteiger partial charge in [-0.05, 0) is 43.2 Å². The molecule has 4 heteroatoms. The second-order valence-electron chi connectivity index (χ2n) is 4.69. The molecule has 0 aliphatic heterocycles. The van der Waals surface area contributed by atoms with Gasteiger partial charge in [0.25, 0.3) is 0 Å². The first-order valence-corrected chi connectivity index (χ1v) is 7.07. The molecule has 0 saturated carbocycles. The molecule has 0 bridgehead atoms. The Hall–Kier alpha value is -1.10. The van der Waals surface area contributed by atoms with Crippen LogP contribution in [0, 0.1) is 6.92 Å². The molecule has 1 aromatic carbocycles. The molecule has 19 heavy (non-hydrogen) atoms. The van der Waals surface area contributed by atoms with Crippen LogP contribution in [-0.2, 0) is 6.54 Å². The SMILES string of the molecule is Cc1ccoc1CNC(C)C(O)c1ccc(Br)cc1. The molecule has 0 aliphatic carbocycles. The average molecular weight is 324 g/mol. The minimum absolute atomic E-state index is 0.0503. The predicted octanol–water partition coefficient (Wildman–Crippen LogP) is 3.56. The molecule has 0 amide bonds. The van der Waals surface area contributed by atoms with E-state index >= 15 is 0 Å². The number of rotatable bonds is 5. The number of hydrogen-bond acceptors (Lipinski definition) is 3. The van der Waals surface area contributed by atoms with Gasteiger partial charge in [0.2, 0.25) is 0 Å². The van der Waals surface area contributed by atoms with E-state index in [9.17, 15) is 5.11 Å². The third-order valence-corrected chi connectivity index (χ3v) is 3.77. The summed E-state index contributed by atoms with van der Waals surface area (Å²) in [6, 6.07) is 9.60. The first kappa shape index (κ1) is 14.3. The van der Waals surface area contributed by atoms with Gasteiger partial charge in [0.15, 0.2) is 0 Å². The maximum absolute atomic E-state index is 10.3. The van der Waals surface area contributed by atoms with Crippen LogP contribution >= 0.6 is 15.9 Å². The van der Waals surface area contributed by atoms with Crippen LogP contribution in [0.3, 0.4) is 0 Å². The van der Waals surface area contributed by atoms with E-state index in [0.717, 1.165) is 21.4 Å². The second-order valence-corrected chi connectivity index (χ2v) is 5.61. The standard InChI is InChI=1S/C15H18BrNO2/c1-10-7-8-19-14(10)9-17-11(2)15(18)12-3-5-13(16)6-4-12/h3-8,11,15,17-18H,9H2,1-2H3. The number of hydrogen-bond donors (Lipinski definition) is 2. The van der Waals surface area contributed by atoms with E-state index in [2.05, 4.69) is 21.2 Å². The summed E-state index contributed by atoms with van der Waals surface area (Å²) in [5.41, 5.74) is 2.03. The Labute approximate surface area is 121 Å². The topological polar surface area (TPSA) is 45.4 Å². The molecule has 1 aromatic heterocycles. The van der Waals surface area contributed by atoms with Gasteiger partial charge in [0.05, 0.1) is 18.9 Å². The van der Waals surface area contributed by atoms with Crippen LogP contribution in [0.15, 0.2) is 45.5 Å². The molecule has 2 rings (SSSR count). The summed E-state index contributed by atoms with van der Waals surface area (Å²) in [5, 5.41) is 13.6. The summed E-state index contributed by atoms with van der Waals surface area (Å²) in [6.45, 7) is 4.59. The number of aliphatic hydroxyl groups is 1. The smallest absolute Gasteiger partial charge is 0.120 e. The summed E-state index contributed by atoms with van der Waals surface area (Å²) in [6.07, 6.45) is 1.14. The van der Waals surface area contributed by atoms with E-state index in [-0.39, 0.29) is 6.04 Å². The van der Waals surface area contributed by atoms with Crippen LogP contribution in [-0.4, -0.2) is 11.1 Å². The highest BCUT2D eigenvalue weighted by Gasteiger charge is 2.16. The monoisotopic (exact) mass is 323 g/mol. The summed E-state index contributed by atoms with van der Waals surface area (Å²) in [4.78, 5) is 0. The van der Waals surface area contributed by atoms with Crippen LogP contribution in [0.25, 0.3) is 0 Å². The van der Waals surface area contributed by atoms with Crippen molar-refractivity contribution in [2.45, 2.75) is 32.5 Å². The largest absolute Gasteiger partial charge is 0.468 e. The summed E-state index contributed by atoms with van der Waals surface area (Å²) in [5.74, 6) is 0.912. The van der Waals surface area contributed by atoms with Gasteiger partial charge in [-0.1, -0.05) is 28.1 Å². The van der Waals surface area contributed by atoms with Crippen LogP contribution in [0.2, 0.25) is 0 Å². The molecule has 2 aromatic rings. The van der Waals surface area contributed by atoms with Crippen LogP contribution in [0.1, 0.15) is 29.9 Å². The van der Waals surface area contributed by atoms with Crippen molar-refractivity contribution in [3.63, 3.8) is 0 Å². The molecular formula is C15H18BrNO2. The zero-order valence-corrected chi connectivity index (χ0v) is 12.6. The Morgan fingerprint density at radius 2 is 1.95 bits per heavy atom. The minimum Gasteiger partial charge on any atom is -0.468 e. The Balaban J connectivity index is 1.94. The van der Waals surface area contributed by atoms with E-state index in [1.54, 1.807) is 6.26 Å². The molecule has 2 atom stereocenters. The van der Waals surface area contributed by atoms with Crippen molar-refractivity contribution < 1.29 is 9.52 Å². The number of halogens is 1. The van der Waals surface area contributed by atoms with E-state index in [1.165, 1.54) is 0 Å². The van der Waals surface area contributed by atoms with Gasteiger partial charge in [-0.15, -0.1) is 0 Å². The highest BCUT2D eigenvalue weighted by atomic mass is 79.9. The lowest BCUT2D eigenvalue weighted by Crippen LogP contribution is -2.31. The maximum atomic E-state index is 10.3. The van der Waals surface area contributed by atoms with E-state index in [0.29, 0.717) is 6.54 Å². The number of aryl methyl sites for hydroxylation is 1. The second kappa shape index (κ2) is 6.37. The summed E-state index contributed by atoms with van der Waals surface area (Å²) >= 11 is 3.39. The molecule has 3 nitrogen and oxygen atoms in total.